The maximum atomic E-state index is 10.1. The maximum Gasteiger partial charge on any atom is 0.240 e. The van der Waals surface area contributed by atoms with Gasteiger partial charge in [-0.2, -0.15) is 4.99 Å². The Bertz CT molecular complexity index is 345. The minimum Gasteiger partial charge on any atom is -0.492 e. The average molecular weight is 289 g/mol. The van der Waals surface area contributed by atoms with E-state index in [-0.39, 0.29) is 0 Å². The number of halogens is 1. The Morgan fingerprint density at radius 2 is 2.38 bits per heavy atom. The van der Waals surface area contributed by atoms with Crippen LogP contribution in [0.15, 0.2) is 23.2 Å². The van der Waals surface area contributed by atoms with Crippen LogP contribution in [0, 0.1) is 3.57 Å². The molecule has 0 aliphatic carbocycles. The van der Waals surface area contributed by atoms with Gasteiger partial charge >= 0.3 is 0 Å². The minimum absolute atomic E-state index is 0.531. The fourth-order valence-corrected chi connectivity index (χ4v) is 1.38. The van der Waals surface area contributed by atoms with E-state index in [9.17, 15) is 4.79 Å². The molecule has 13 heavy (non-hydrogen) atoms. The fourth-order valence-electron chi connectivity index (χ4n) is 0.905. The highest BCUT2D eigenvalue weighted by Crippen LogP contribution is 2.28. The van der Waals surface area contributed by atoms with Gasteiger partial charge in [0.05, 0.1) is 6.61 Å². The van der Waals surface area contributed by atoms with Crippen LogP contribution < -0.4 is 4.74 Å². The highest BCUT2D eigenvalue weighted by atomic mass is 127. The molecule has 0 heterocycles. The zero-order chi connectivity index (χ0) is 9.68. The van der Waals surface area contributed by atoms with Gasteiger partial charge in [-0.05, 0) is 47.7 Å². The van der Waals surface area contributed by atoms with Gasteiger partial charge in [-0.3, -0.25) is 0 Å². The van der Waals surface area contributed by atoms with Crippen molar-refractivity contribution in [1.82, 2.24) is 0 Å². The Morgan fingerprint density at radius 1 is 1.62 bits per heavy atom. The summed E-state index contributed by atoms with van der Waals surface area (Å²) in [6.07, 6.45) is 1.50. The Labute approximate surface area is 90.0 Å². The summed E-state index contributed by atoms with van der Waals surface area (Å²) < 4.78 is 6.28. The van der Waals surface area contributed by atoms with Crippen LogP contribution in [0.5, 0.6) is 5.75 Å². The number of benzene rings is 1. The molecule has 0 aliphatic rings. The molecule has 0 fully saturated rings. The first kappa shape index (κ1) is 10.2. The monoisotopic (exact) mass is 289 g/mol. The number of rotatable bonds is 3. The highest BCUT2D eigenvalue weighted by Gasteiger charge is 2.01. The molecule has 3 nitrogen and oxygen atoms in total. The molecule has 0 spiro atoms. The van der Waals surface area contributed by atoms with Crippen molar-refractivity contribution in [3.63, 3.8) is 0 Å². The lowest BCUT2D eigenvalue weighted by Crippen LogP contribution is -1.91. The van der Waals surface area contributed by atoms with E-state index in [4.69, 9.17) is 4.74 Å². The molecular formula is C9H8INO2. The van der Waals surface area contributed by atoms with Gasteiger partial charge in [0.2, 0.25) is 6.08 Å². The van der Waals surface area contributed by atoms with E-state index in [1.165, 1.54) is 6.08 Å². The van der Waals surface area contributed by atoms with Crippen molar-refractivity contribution >= 4 is 34.4 Å². The van der Waals surface area contributed by atoms with E-state index < -0.39 is 0 Å². The van der Waals surface area contributed by atoms with Crippen LogP contribution in [0.1, 0.15) is 6.92 Å². The molecule has 4 heteroatoms. The van der Waals surface area contributed by atoms with Crippen molar-refractivity contribution in [2.75, 3.05) is 6.61 Å². The van der Waals surface area contributed by atoms with Crippen molar-refractivity contribution in [3.05, 3.63) is 21.8 Å². The molecule has 0 unspecified atom stereocenters. The van der Waals surface area contributed by atoms with Crippen LogP contribution in [0.3, 0.4) is 0 Å². The predicted octanol–water partition coefficient (Wildman–Crippen LogP) is 2.66. The largest absolute Gasteiger partial charge is 0.492 e. The lowest BCUT2D eigenvalue weighted by atomic mass is 10.3. The Morgan fingerprint density at radius 3 is 3.00 bits per heavy atom. The number of isocyanates is 1. The van der Waals surface area contributed by atoms with Crippen LogP contribution in [0.25, 0.3) is 0 Å². The van der Waals surface area contributed by atoms with E-state index in [2.05, 4.69) is 27.6 Å². The second-order valence-electron chi connectivity index (χ2n) is 2.25. The fraction of sp³-hybridized carbons (Fsp3) is 0.222. The van der Waals surface area contributed by atoms with Crippen molar-refractivity contribution in [2.24, 2.45) is 4.99 Å². The first-order valence-corrected chi connectivity index (χ1v) is 4.86. The zero-order valence-electron chi connectivity index (χ0n) is 7.08. The standard InChI is InChI=1S/C9H8INO2/c1-2-13-9-4-3-7(10)5-8(9)11-6-12/h3-5H,2H2,1H3. The summed E-state index contributed by atoms with van der Waals surface area (Å²) in [4.78, 5) is 13.6. The Kier molecular flexibility index (Phi) is 3.92. The number of hydrogen-bond acceptors (Lipinski definition) is 3. The van der Waals surface area contributed by atoms with Gasteiger partial charge in [-0.1, -0.05) is 0 Å². The number of ether oxygens (including phenoxy) is 1. The molecule has 1 aromatic rings. The summed E-state index contributed by atoms with van der Waals surface area (Å²) in [7, 11) is 0. The first-order chi connectivity index (χ1) is 6.27. The van der Waals surface area contributed by atoms with Gasteiger partial charge < -0.3 is 4.74 Å². The molecule has 0 aliphatic heterocycles. The quantitative estimate of drug-likeness (QED) is 0.487. The molecule has 0 radical (unpaired) electrons. The predicted molar refractivity (Wildman–Crippen MR) is 58.1 cm³/mol. The van der Waals surface area contributed by atoms with E-state index in [1.54, 1.807) is 12.1 Å². The third kappa shape index (κ3) is 2.82. The van der Waals surface area contributed by atoms with Gasteiger partial charge in [0.15, 0.2) is 0 Å². The van der Waals surface area contributed by atoms with Crippen LogP contribution in [0.2, 0.25) is 0 Å². The molecule has 68 valence electrons. The van der Waals surface area contributed by atoms with E-state index in [0.29, 0.717) is 18.0 Å². The molecule has 0 saturated carbocycles. The zero-order valence-corrected chi connectivity index (χ0v) is 9.24. The molecule has 0 bridgehead atoms. The topological polar surface area (TPSA) is 38.7 Å². The third-order valence-electron chi connectivity index (χ3n) is 1.39. The summed E-state index contributed by atoms with van der Waals surface area (Å²) in [5.74, 6) is 0.617. The molecule has 1 aromatic carbocycles. The first-order valence-electron chi connectivity index (χ1n) is 3.78. The van der Waals surface area contributed by atoms with Gasteiger partial charge in [-0.25, -0.2) is 4.79 Å². The van der Waals surface area contributed by atoms with E-state index >= 15 is 0 Å². The van der Waals surface area contributed by atoms with Gasteiger partial charge in [0.25, 0.3) is 0 Å². The number of carbonyl (C=O) groups excluding carboxylic acids is 1. The molecule has 0 atom stereocenters. The van der Waals surface area contributed by atoms with Crippen LogP contribution in [0.4, 0.5) is 5.69 Å². The second kappa shape index (κ2) is 4.99. The maximum absolute atomic E-state index is 10.1. The van der Waals surface area contributed by atoms with Crippen molar-refractivity contribution in [3.8, 4) is 5.75 Å². The number of nitrogens with zero attached hydrogens (tertiary/aromatic N) is 1. The average Bonchev–Trinajstić information content (AvgIpc) is 2.10. The van der Waals surface area contributed by atoms with Crippen LogP contribution >= 0.6 is 22.6 Å². The van der Waals surface area contributed by atoms with Crippen molar-refractivity contribution in [2.45, 2.75) is 6.92 Å². The normalized spacial score (nSPS) is 9.08. The SMILES string of the molecule is CCOc1ccc(I)cc1N=C=O. The van der Waals surface area contributed by atoms with Crippen LogP contribution in [-0.4, -0.2) is 12.7 Å². The van der Waals surface area contributed by atoms with E-state index in [0.717, 1.165) is 3.57 Å². The summed E-state index contributed by atoms with van der Waals surface area (Å²) >= 11 is 2.14. The minimum atomic E-state index is 0.531. The summed E-state index contributed by atoms with van der Waals surface area (Å²) in [5, 5.41) is 0. The molecule has 0 N–H and O–H groups in total. The Hall–Kier alpha value is -0.870. The van der Waals surface area contributed by atoms with Crippen molar-refractivity contribution in [1.29, 1.82) is 0 Å². The molecule has 0 aromatic heterocycles. The van der Waals surface area contributed by atoms with Gasteiger partial charge in [0.1, 0.15) is 11.4 Å². The summed E-state index contributed by atoms with van der Waals surface area (Å²) in [6, 6.07) is 5.47. The van der Waals surface area contributed by atoms with Crippen LogP contribution in [-0.2, 0) is 4.79 Å². The molecule has 0 amide bonds. The molecule has 0 saturated heterocycles. The van der Waals surface area contributed by atoms with Gasteiger partial charge in [0, 0.05) is 3.57 Å². The smallest absolute Gasteiger partial charge is 0.240 e. The lowest BCUT2D eigenvalue weighted by Gasteiger charge is -2.04. The Balaban J connectivity index is 3.10. The third-order valence-corrected chi connectivity index (χ3v) is 2.06. The van der Waals surface area contributed by atoms with Gasteiger partial charge in [-0.15, -0.1) is 0 Å². The second-order valence-corrected chi connectivity index (χ2v) is 3.49. The summed E-state index contributed by atoms with van der Waals surface area (Å²) in [6.45, 7) is 2.44. The van der Waals surface area contributed by atoms with E-state index in [1.807, 2.05) is 13.0 Å². The highest BCUT2D eigenvalue weighted by molar-refractivity contribution is 14.1. The number of aliphatic imine (C=N–C) groups is 1. The summed E-state index contributed by atoms with van der Waals surface area (Å²) in [5.41, 5.74) is 0.531. The molecule has 1 rings (SSSR count). The van der Waals surface area contributed by atoms with Crippen molar-refractivity contribution < 1.29 is 9.53 Å². The molecular weight excluding hydrogens is 281 g/mol. The lowest BCUT2D eigenvalue weighted by molar-refractivity contribution is 0.341. The number of hydrogen-bond donors (Lipinski definition) is 0.